The van der Waals surface area contributed by atoms with E-state index in [2.05, 4.69) is 6.92 Å². The highest BCUT2D eigenvalue weighted by molar-refractivity contribution is 5.72. The molecule has 0 aromatic carbocycles. The van der Waals surface area contributed by atoms with E-state index in [4.69, 9.17) is 14.2 Å². The van der Waals surface area contributed by atoms with Crippen LogP contribution in [0.5, 0.6) is 0 Å². The van der Waals surface area contributed by atoms with Crippen LogP contribution >= 0.6 is 0 Å². The number of carbonyl (C=O) groups excluding carboxylic acids is 1. The molecule has 4 atom stereocenters. The van der Waals surface area contributed by atoms with Crippen molar-refractivity contribution in [1.29, 1.82) is 0 Å². The Hall–Kier alpha value is -0.650. The van der Waals surface area contributed by atoms with Gasteiger partial charge in [-0.05, 0) is 18.8 Å². The molecule has 1 aliphatic carbocycles. The molecular formula is C19H32O5. The molecule has 3 fully saturated rings. The maximum atomic E-state index is 11.5. The van der Waals surface area contributed by atoms with Crippen molar-refractivity contribution in [2.45, 2.75) is 89.1 Å². The van der Waals surface area contributed by atoms with E-state index in [1.165, 1.54) is 25.7 Å². The number of fused-ring (bicyclic) bond motifs is 1. The van der Waals surface area contributed by atoms with Crippen molar-refractivity contribution >= 4 is 5.97 Å². The molecule has 0 aromatic heterocycles. The van der Waals surface area contributed by atoms with E-state index in [1.807, 2.05) is 0 Å². The number of unbranched alkanes of at least 4 members (excludes halogenated alkanes) is 4. The zero-order valence-electron chi connectivity index (χ0n) is 14.9. The van der Waals surface area contributed by atoms with Crippen LogP contribution in [0.25, 0.3) is 0 Å². The summed E-state index contributed by atoms with van der Waals surface area (Å²) >= 11 is 0. The first-order chi connectivity index (χ1) is 11.6. The van der Waals surface area contributed by atoms with Gasteiger partial charge in [-0.2, -0.15) is 0 Å². The van der Waals surface area contributed by atoms with Gasteiger partial charge < -0.3 is 19.3 Å². The Morgan fingerprint density at radius 3 is 2.62 bits per heavy atom. The van der Waals surface area contributed by atoms with Crippen LogP contribution in [-0.2, 0) is 19.0 Å². The van der Waals surface area contributed by atoms with Crippen molar-refractivity contribution in [3.05, 3.63) is 0 Å². The Morgan fingerprint density at radius 2 is 1.88 bits per heavy atom. The predicted molar refractivity (Wildman–Crippen MR) is 89.3 cm³/mol. The van der Waals surface area contributed by atoms with Crippen molar-refractivity contribution in [2.24, 2.45) is 11.8 Å². The lowest BCUT2D eigenvalue weighted by molar-refractivity contribution is -0.171. The molecule has 0 radical (unpaired) electrons. The molecule has 2 heterocycles. The minimum absolute atomic E-state index is 0.0760. The third kappa shape index (κ3) is 4.12. The standard InChI is InChI=1S/C19H32O5/c1-2-3-4-5-6-8-19(22-10-11-23-19)9-7-14-15-12-18(21)24-17(15)13-16(14)20/h14-17,20H,2-13H2,1H3/t14-,15-,16+,17+/m1/s1. The number of hydrogen-bond donors (Lipinski definition) is 1. The molecule has 2 saturated heterocycles. The van der Waals surface area contributed by atoms with E-state index in [0.29, 0.717) is 26.1 Å². The molecule has 0 bridgehead atoms. The summed E-state index contributed by atoms with van der Waals surface area (Å²) in [6.45, 7) is 3.55. The average molecular weight is 340 g/mol. The highest BCUT2D eigenvalue weighted by atomic mass is 16.7. The maximum absolute atomic E-state index is 11.5. The second-order valence-corrected chi connectivity index (χ2v) is 7.67. The minimum atomic E-state index is -0.465. The van der Waals surface area contributed by atoms with Crippen molar-refractivity contribution in [3.63, 3.8) is 0 Å². The molecule has 3 aliphatic rings. The molecule has 0 amide bonds. The zero-order chi connectivity index (χ0) is 17.0. The molecule has 3 rings (SSSR count). The lowest BCUT2D eigenvalue weighted by Crippen LogP contribution is -2.32. The number of esters is 1. The lowest BCUT2D eigenvalue weighted by atomic mass is 9.86. The third-order valence-corrected chi connectivity index (χ3v) is 6.01. The van der Waals surface area contributed by atoms with Gasteiger partial charge in [0.15, 0.2) is 5.79 Å². The van der Waals surface area contributed by atoms with Crippen molar-refractivity contribution in [2.75, 3.05) is 13.2 Å². The summed E-state index contributed by atoms with van der Waals surface area (Å²) in [7, 11) is 0. The smallest absolute Gasteiger partial charge is 0.306 e. The first kappa shape index (κ1) is 18.2. The molecule has 0 spiro atoms. The second kappa shape index (κ2) is 8.15. The van der Waals surface area contributed by atoms with E-state index in [0.717, 1.165) is 25.7 Å². The number of aliphatic hydroxyl groups is 1. The van der Waals surface area contributed by atoms with Gasteiger partial charge in [0.25, 0.3) is 0 Å². The van der Waals surface area contributed by atoms with Gasteiger partial charge >= 0.3 is 5.97 Å². The number of rotatable bonds is 9. The highest BCUT2D eigenvalue weighted by Gasteiger charge is 2.50. The number of carbonyl (C=O) groups is 1. The normalized spacial score (nSPS) is 34.5. The first-order valence-corrected chi connectivity index (χ1v) is 9.79. The van der Waals surface area contributed by atoms with Gasteiger partial charge in [0.05, 0.1) is 25.7 Å². The van der Waals surface area contributed by atoms with Crippen LogP contribution in [0.3, 0.4) is 0 Å². The van der Waals surface area contributed by atoms with Crippen LogP contribution < -0.4 is 0 Å². The Balaban J connectivity index is 1.49. The summed E-state index contributed by atoms with van der Waals surface area (Å²) in [5.74, 6) is -0.268. The molecule has 5 heteroatoms. The second-order valence-electron chi connectivity index (χ2n) is 7.67. The number of hydrogen-bond acceptors (Lipinski definition) is 5. The maximum Gasteiger partial charge on any atom is 0.306 e. The molecule has 0 unspecified atom stereocenters. The summed E-state index contributed by atoms with van der Waals surface area (Å²) in [6, 6.07) is 0. The van der Waals surface area contributed by atoms with E-state index in [1.54, 1.807) is 0 Å². The van der Waals surface area contributed by atoms with Crippen LogP contribution in [0.15, 0.2) is 0 Å². The summed E-state index contributed by atoms with van der Waals surface area (Å²) in [5, 5.41) is 10.3. The highest BCUT2D eigenvalue weighted by Crippen LogP contribution is 2.45. The fourth-order valence-corrected chi connectivity index (χ4v) is 4.68. The molecule has 24 heavy (non-hydrogen) atoms. The van der Waals surface area contributed by atoms with Crippen molar-refractivity contribution in [3.8, 4) is 0 Å². The van der Waals surface area contributed by atoms with E-state index >= 15 is 0 Å². The Bertz CT molecular complexity index is 418. The SMILES string of the molecule is CCCCCCCC1(CC[C@@H]2[C@H]3CC(=O)O[C@H]3C[C@@H]2O)OCCO1. The van der Waals surface area contributed by atoms with E-state index in [-0.39, 0.29) is 30.0 Å². The quantitative estimate of drug-likeness (QED) is 0.516. The third-order valence-electron chi connectivity index (χ3n) is 6.01. The van der Waals surface area contributed by atoms with Crippen LogP contribution in [0.4, 0.5) is 0 Å². The van der Waals surface area contributed by atoms with Crippen LogP contribution in [0, 0.1) is 11.8 Å². The number of aliphatic hydroxyl groups excluding tert-OH is 1. The van der Waals surface area contributed by atoms with Crippen LogP contribution in [0.2, 0.25) is 0 Å². The molecule has 1 saturated carbocycles. The number of ether oxygens (including phenoxy) is 3. The molecule has 0 aromatic rings. The fraction of sp³-hybridized carbons (Fsp3) is 0.947. The Morgan fingerprint density at radius 1 is 1.12 bits per heavy atom. The van der Waals surface area contributed by atoms with E-state index < -0.39 is 5.79 Å². The first-order valence-electron chi connectivity index (χ1n) is 9.79. The van der Waals surface area contributed by atoms with Crippen LogP contribution in [-0.4, -0.2) is 42.3 Å². The van der Waals surface area contributed by atoms with Gasteiger partial charge in [0, 0.05) is 25.2 Å². The average Bonchev–Trinajstić information content (AvgIpc) is 3.21. The fourth-order valence-electron chi connectivity index (χ4n) is 4.68. The summed E-state index contributed by atoms with van der Waals surface area (Å²) in [5.41, 5.74) is 0. The minimum Gasteiger partial charge on any atom is -0.462 e. The lowest BCUT2D eigenvalue weighted by Gasteiger charge is -2.30. The van der Waals surface area contributed by atoms with Gasteiger partial charge in [0.1, 0.15) is 6.10 Å². The van der Waals surface area contributed by atoms with Gasteiger partial charge in [-0.15, -0.1) is 0 Å². The Kier molecular flexibility index (Phi) is 6.17. The summed E-state index contributed by atoms with van der Waals surface area (Å²) in [4.78, 5) is 11.5. The molecule has 2 aliphatic heterocycles. The molecular weight excluding hydrogens is 308 g/mol. The van der Waals surface area contributed by atoms with Crippen molar-refractivity contribution in [1.82, 2.24) is 0 Å². The topological polar surface area (TPSA) is 65.0 Å². The Labute approximate surface area is 145 Å². The monoisotopic (exact) mass is 340 g/mol. The van der Waals surface area contributed by atoms with Crippen molar-refractivity contribution < 1.29 is 24.1 Å². The summed E-state index contributed by atoms with van der Waals surface area (Å²) in [6.07, 6.45) is 9.35. The molecule has 1 N–H and O–H groups in total. The van der Waals surface area contributed by atoms with E-state index in [9.17, 15) is 9.90 Å². The summed E-state index contributed by atoms with van der Waals surface area (Å²) < 4.78 is 17.3. The zero-order valence-corrected chi connectivity index (χ0v) is 14.9. The molecule has 138 valence electrons. The predicted octanol–water partition coefficient (Wildman–Crippen LogP) is 3.18. The van der Waals surface area contributed by atoms with Gasteiger partial charge in [0.2, 0.25) is 0 Å². The van der Waals surface area contributed by atoms with Crippen LogP contribution in [0.1, 0.15) is 71.1 Å². The van der Waals surface area contributed by atoms with Gasteiger partial charge in [-0.1, -0.05) is 32.6 Å². The largest absolute Gasteiger partial charge is 0.462 e. The van der Waals surface area contributed by atoms with Gasteiger partial charge in [-0.3, -0.25) is 4.79 Å². The molecule has 5 nitrogen and oxygen atoms in total. The van der Waals surface area contributed by atoms with Gasteiger partial charge in [-0.25, -0.2) is 0 Å².